The standard InChI is InChI=1S/C23H21ClF5N5O2/c1-32(2)15-8-9-33(12-15)22(35)34(18-5-3-4-16(24)19(18)26)11-14-7-6-13(10-17(14)25)20-30-31-21(36-20)23(27,28)29/h3-7,10,15H,8-9,11-12H2,1-2H3/t15-/m1/s1. The van der Waals surface area contributed by atoms with Crippen LogP contribution >= 0.6 is 11.6 Å². The molecule has 7 nitrogen and oxygen atoms in total. The van der Waals surface area contributed by atoms with E-state index in [0.29, 0.717) is 13.1 Å². The van der Waals surface area contributed by atoms with Crippen molar-refractivity contribution in [3.05, 3.63) is 64.5 Å². The molecule has 2 aromatic carbocycles. The molecule has 4 rings (SSSR count). The number of carbonyl (C=O) groups is 1. The van der Waals surface area contributed by atoms with E-state index in [2.05, 4.69) is 14.6 Å². The number of alkyl halides is 3. The molecule has 0 saturated carbocycles. The van der Waals surface area contributed by atoms with Crippen LogP contribution in [0.25, 0.3) is 11.5 Å². The number of carbonyl (C=O) groups excluding carboxylic acids is 1. The predicted octanol–water partition coefficient (Wildman–Crippen LogP) is 5.45. The number of amides is 2. The number of hydrogen-bond acceptors (Lipinski definition) is 5. The third-order valence-corrected chi connectivity index (χ3v) is 6.20. The first-order valence-corrected chi connectivity index (χ1v) is 11.2. The van der Waals surface area contributed by atoms with Gasteiger partial charge in [0.05, 0.1) is 17.3 Å². The fourth-order valence-corrected chi connectivity index (χ4v) is 4.07. The van der Waals surface area contributed by atoms with Gasteiger partial charge in [-0.15, -0.1) is 10.2 Å². The molecule has 0 aliphatic carbocycles. The summed E-state index contributed by atoms with van der Waals surface area (Å²) >= 11 is 5.93. The first kappa shape index (κ1) is 25.8. The van der Waals surface area contributed by atoms with Gasteiger partial charge in [-0.2, -0.15) is 13.2 Å². The number of likely N-dealkylation sites (tertiary alicyclic amines) is 1. The van der Waals surface area contributed by atoms with Gasteiger partial charge in [-0.05, 0) is 44.8 Å². The Morgan fingerprint density at radius 3 is 2.56 bits per heavy atom. The molecular weight excluding hydrogens is 509 g/mol. The second-order valence-electron chi connectivity index (χ2n) is 8.51. The van der Waals surface area contributed by atoms with Crippen LogP contribution in [0.2, 0.25) is 5.02 Å². The normalized spacial score (nSPS) is 16.1. The van der Waals surface area contributed by atoms with Crippen LogP contribution < -0.4 is 4.90 Å². The number of urea groups is 1. The van der Waals surface area contributed by atoms with Crippen molar-refractivity contribution in [3.63, 3.8) is 0 Å². The van der Waals surface area contributed by atoms with Crippen molar-refractivity contribution in [1.82, 2.24) is 20.0 Å². The summed E-state index contributed by atoms with van der Waals surface area (Å²) in [6.45, 7) is 0.480. The Kier molecular flexibility index (Phi) is 7.19. The lowest BCUT2D eigenvalue weighted by Gasteiger charge is -2.29. The summed E-state index contributed by atoms with van der Waals surface area (Å²) in [6.07, 6.45) is -4.12. The molecule has 0 bridgehead atoms. The van der Waals surface area contributed by atoms with E-state index in [1.54, 1.807) is 4.90 Å². The minimum atomic E-state index is -4.84. The van der Waals surface area contributed by atoms with Gasteiger partial charge in [0.15, 0.2) is 5.82 Å². The lowest BCUT2D eigenvalue weighted by Crippen LogP contribution is -2.43. The molecular formula is C23H21ClF5N5O2. The lowest BCUT2D eigenvalue weighted by molar-refractivity contribution is -0.156. The molecule has 2 amide bonds. The predicted molar refractivity (Wildman–Crippen MR) is 121 cm³/mol. The summed E-state index contributed by atoms with van der Waals surface area (Å²) in [5.74, 6) is -3.77. The quantitative estimate of drug-likeness (QED) is 0.411. The zero-order chi connectivity index (χ0) is 26.2. The molecule has 192 valence electrons. The van der Waals surface area contributed by atoms with E-state index < -0.39 is 35.6 Å². The van der Waals surface area contributed by atoms with Crippen LogP contribution in [0.3, 0.4) is 0 Å². The van der Waals surface area contributed by atoms with E-state index in [1.165, 1.54) is 30.3 Å². The SMILES string of the molecule is CN(C)[C@@H]1CCN(C(=O)N(Cc2ccc(-c3nnc(C(F)(F)F)o3)cc2F)c2cccc(Cl)c2F)C1. The van der Waals surface area contributed by atoms with Crippen molar-refractivity contribution in [1.29, 1.82) is 0 Å². The monoisotopic (exact) mass is 529 g/mol. The van der Waals surface area contributed by atoms with Crippen molar-refractivity contribution in [2.24, 2.45) is 0 Å². The molecule has 1 fully saturated rings. The number of halogens is 6. The number of hydrogen-bond donors (Lipinski definition) is 0. The molecule has 1 aromatic heterocycles. The van der Waals surface area contributed by atoms with Crippen LogP contribution in [0, 0.1) is 11.6 Å². The Labute approximate surface area is 208 Å². The van der Waals surface area contributed by atoms with Gasteiger partial charge in [-0.3, -0.25) is 4.90 Å². The number of anilines is 1. The van der Waals surface area contributed by atoms with E-state index in [9.17, 15) is 22.4 Å². The van der Waals surface area contributed by atoms with Crippen LogP contribution in [0.4, 0.5) is 32.4 Å². The third kappa shape index (κ3) is 5.29. The van der Waals surface area contributed by atoms with E-state index in [-0.39, 0.29) is 34.4 Å². The van der Waals surface area contributed by atoms with Crippen molar-refractivity contribution in [2.75, 3.05) is 32.1 Å². The molecule has 1 atom stereocenters. The highest BCUT2D eigenvalue weighted by Gasteiger charge is 2.38. The Morgan fingerprint density at radius 2 is 1.94 bits per heavy atom. The number of rotatable bonds is 5. The lowest BCUT2D eigenvalue weighted by atomic mass is 10.1. The first-order valence-electron chi connectivity index (χ1n) is 10.8. The maximum absolute atomic E-state index is 15.1. The minimum absolute atomic E-state index is 0.00890. The molecule has 0 radical (unpaired) electrons. The highest BCUT2D eigenvalue weighted by molar-refractivity contribution is 6.31. The van der Waals surface area contributed by atoms with Gasteiger partial charge < -0.3 is 14.2 Å². The smallest absolute Gasteiger partial charge is 0.413 e. The summed E-state index contributed by atoms with van der Waals surface area (Å²) in [7, 11) is 3.79. The number of aromatic nitrogens is 2. The summed E-state index contributed by atoms with van der Waals surface area (Å²) in [5.41, 5.74) is -0.221. The highest BCUT2D eigenvalue weighted by atomic mass is 35.5. The molecule has 0 spiro atoms. The van der Waals surface area contributed by atoms with Crippen LogP contribution in [-0.4, -0.2) is 59.3 Å². The summed E-state index contributed by atoms with van der Waals surface area (Å²) < 4.78 is 72.8. The first-order chi connectivity index (χ1) is 17.0. The maximum atomic E-state index is 15.1. The molecule has 13 heteroatoms. The Hall–Kier alpha value is -3.25. The van der Waals surface area contributed by atoms with Gasteiger partial charge in [0, 0.05) is 30.3 Å². The average Bonchev–Trinajstić information content (AvgIpc) is 3.50. The minimum Gasteiger partial charge on any atom is -0.413 e. The average molecular weight is 530 g/mol. The van der Waals surface area contributed by atoms with Crippen molar-refractivity contribution in [2.45, 2.75) is 25.2 Å². The zero-order valence-corrected chi connectivity index (χ0v) is 19.9. The van der Waals surface area contributed by atoms with Crippen molar-refractivity contribution in [3.8, 4) is 11.5 Å². The zero-order valence-electron chi connectivity index (χ0n) is 19.2. The fraction of sp³-hybridized carbons (Fsp3) is 0.348. The maximum Gasteiger partial charge on any atom is 0.470 e. The van der Waals surface area contributed by atoms with Crippen molar-refractivity contribution >= 4 is 23.3 Å². The van der Waals surface area contributed by atoms with Crippen LogP contribution in [0.15, 0.2) is 40.8 Å². The van der Waals surface area contributed by atoms with E-state index >= 15 is 4.39 Å². The second kappa shape index (κ2) is 10.0. The molecule has 2 heterocycles. The Balaban J connectivity index is 1.64. The summed E-state index contributed by atoms with van der Waals surface area (Å²) in [6, 6.07) is 7.21. The largest absolute Gasteiger partial charge is 0.470 e. The van der Waals surface area contributed by atoms with Gasteiger partial charge in [-0.25, -0.2) is 13.6 Å². The molecule has 36 heavy (non-hydrogen) atoms. The van der Waals surface area contributed by atoms with E-state index in [0.717, 1.165) is 17.4 Å². The Bertz CT molecular complexity index is 1270. The van der Waals surface area contributed by atoms with Gasteiger partial charge in [0.1, 0.15) is 5.82 Å². The van der Waals surface area contributed by atoms with Gasteiger partial charge in [0.25, 0.3) is 0 Å². The molecule has 1 saturated heterocycles. The third-order valence-electron chi connectivity index (χ3n) is 5.91. The topological polar surface area (TPSA) is 65.7 Å². The summed E-state index contributed by atoms with van der Waals surface area (Å²) in [5, 5.41) is 6.04. The van der Waals surface area contributed by atoms with Crippen molar-refractivity contribution < 1.29 is 31.2 Å². The summed E-state index contributed by atoms with van der Waals surface area (Å²) in [4.78, 5) is 18.1. The van der Waals surface area contributed by atoms with Gasteiger partial charge in [-0.1, -0.05) is 23.7 Å². The van der Waals surface area contributed by atoms with Crippen LogP contribution in [0.5, 0.6) is 0 Å². The molecule has 1 aliphatic rings. The van der Waals surface area contributed by atoms with Crippen LogP contribution in [-0.2, 0) is 12.7 Å². The molecule has 1 aliphatic heterocycles. The molecule has 3 aromatic rings. The number of benzene rings is 2. The fourth-order valence-electron chi connectivity index (χ4n) is 3.90. The second-order valence-corrected chi connectivity index (χ2v) is 8.92. The highest BCUT2D eigenvalue weighted by Crippen LogP contribution is 2.32. The molecule has 0 unspecified atom stereocenters. The Morgan fingerprint density at radius 1 is 1.19 bits per heavy atom. The van der Waals surface area contributed by atoms with Gasteiger partial charge in [0.2, 0.25) is 5.89 Å². The van der Waals surface area contributed by atoms with Crippen LogP contribution in [0.1, 0.15) is 17.9 Å². The van der Waals surface area contributed by atoms with E-state index in [1.807, 2.05) is 19.0 Å². The van der Waals surface area contributed by atoms with Gasteiger partial charge >= 0.3 is 18.1 Å². The number of nitrogens with zero attached hydrogens (tertiary/aromatic N) is 5. The van der Waals surface area contributed by atoms with E-state index in [4.69, 9.17) is 11.6 Å². The molecule has 0 N–H and O–H groups in total. The number of likely N-dealkylation sites (N-methyl/N-ethyl adjacent to an activating group) is 1.